The lowest BCUT2D eigenvalue weighted by atomic mass is 10.2. The minimum Gasteiger partial charge on any atom is -0.379 e. The lowest BCUT2D eigenvalue weighted by molar-refractivity contribution is 0.00888. The van der Waals surface area contributed by atoms with Crippen LogP contribution in [0.4, 0.5) is 0 Å². The molecule has 2 N–H and O–H groups in total. The van der Waals surface area contributed by atoms with Gasteiger partial charge in [-0.2, -0.15) is 12.7 Å². The molecule has 0 radical (unpaired) electrons. The molecule has 0 aromatic heterocycles. The van der Waals surface area contributed by atoms with E-state index in [1.807, 2.05) is 0 Å². The van der Waals surface area contributed by atoms with Gasteiger partial charge in [-0.05, 0) is 12.3 Å². The van der Waals surface area contributed by atoms with Crippen LogP contribution in [0, 0.1) is 5.92 Å². The first-order chi connectivity index (χ1) is 7.52. The van der Waals surface area contributed by atoms with Crippen molar-refractivity contribution < 1.29 is 13.2 Å². The van der Waals surface area contributed by atoms with E-state index in [1.54, 1.807) is 0 Å². The maximum atomic E-state index is 11.3. The molecule has 0 bridgehead atoms. The molecule has 2 saturated heterocycles. The number of fused-ring (bicyclic) bond motifs is 1. The number of piperidine rings is 1. The Bertz CT molecular complexity index is 393. The Morgan fingerprint density at radius 1 is 1.31 bits per heavy atom. The van der Waals surface area contributed by atoms with Crippen molar-refractivity contribution in [3.8, 4) is 0 Å². The Hall–Kier alpha value is -0.210. The first kappa shape index (κ1) is 10.9. The third-order valence-corrected chi connectivity index (χ3v) is 5.07. The molecule has 1 aliphatic carbocycles. The summed E-state index contributed by atoms with van der Waals surface area (Å²) in [6.07, 6.45) is 1.11. The number of ether oxygens (including phenoxy) is 1. The van der Waals surface area contributed by atoms with E-state index < -0.39 is 10.2 Å². The fourth-order valence-corrected chi connectivity index (χ4v) is 3.89. The third kappa shape index (κ3) is 1.58. The quantitative estimate of drug-likeness (QED) is 0.651. The largest absolute Gasteiger partial charge is 0.379 e. The van der Waals surface area contributed by atoms with E-state index in [0.29, 0.717) is 19.0 Å². The van der Waals surface area contributed by atoms with Crippen LogP contribution < -0.4 is 5.14 Å². The fraction of sp³-hybridized carbons (Fsp3) is 1.00. The van der Waals surface area contributed by atoms with Crippen molar-refractivity contribution in [2.24, 2.45) is 11.1 Å². The summed E-state index contributed by atoms with van der Waals surface area (Å²) >= 11 is 0. The Morgan fingerprint density at radius 3 is 2.56 bits per heavy atom. The van der Waals surface area contributed by atoms with Crippen LogP contribution in [-0.4, -0.2) is 62.6 Å². The summed E-state index contributed by atoms with van der Waals surface area (Å²) in [4.78, 5) is 2.38. The molecular weight excluding hydrogens is 230 g/mol. The van der Waals surface area contributed by atoms with Crippen molar-refractivity contribution in [3.63, 3.8) is 0 Å². The van der Waals surface area contributed by atoms with E-state index in [4.69, 9.17) is 9.88 Å². The van der Waals surface area contributed by atoms with Crippen LogP contribution in [0.25, 0.3) is 0 Å². The maximum absolute atomic E-state index is 11.3. The molecule has 1 saturated carbocycles. The monoisotopic (exact) mass is 247 g/mol. The average Bonchev–Trinajstić information content (AvgIpc) is 2.82. The van der Waals surface area contributed by atoms with Crippen LogP contribution >= 0.6 is 0 Å². The normalized spacial score (nSPS) is 40.9. The first-order valence-corrected chi connectivity index (χ1v) is 7.13. The second kappa shape index (κ2) is 3.39. The molecule has 2 heterocycles. The molecule has 3 rings (SSSR count). The predicted octanol–water partition coefficient (Wildman–Crippen LogP) is -1.40. The van der Waals surface area contributed by atoms with Gasteiger partial charge in [0, 0.05) is 31.7 Å². The summed E-state index contributed by atoms with van der Waals surface area (Å²) in [7, 11) is -3.51. The smallest absolute Gasteiger partial charge is 0.276 e. The van der Waals surface area contributed by atoms with Gasteiger partial charge >= 0.3 is 0 Å². The fourth-order valence-electron chi connectivity index (χ4n) is 3.10. The number of hydrogen-bond donors (Lipinski definition) is 1. The zero-order valence-corrected chi connectivity index (χ0v) is 9.95. The summed E-state index contributed by atoms with van der Waals surface area (Å²) in [5, 5.41) is 5.17. The minimum atomic E-state index is -3.51. The molecule has 7 heteroatoms. The molecule has 0 aromatic rings. The third-order valence-electron chi connectivity index (χ3n) is 4.07. The summed E-state index contributed by atoms with van der Waals surface area (Å²) < 4.78 is 29.3. The zero-order valence-electron chi connectivity index (χ0n) is 9.13. The van der Waals surface area contributed by atoms with E-state index in [-0.39, 0.29) is 5.54 Å². The van der Waals surface area contributed by atoms with E-state index in [0.717, 1.165) is 32.7 Å². The van der Waals surface area contributed by atoms with Crippen molar-refractivity contribution in [3.05, 3.63) is 0 Å². The molecule has 6 nitrogen and oxygen atoms in total. The molecule has 2 unspecified atom stereocenters. The van der Waals surface area contributed by atoms with Gasteiger partial charge in [0.25, 0.3) is 10.2 Å². The molecule has 0 spiro atoms. The van der Waals surface area contributed by atoms with Crippen LogP contribution in [0.1, 0.15) is 6.42 Å². The Balaban J connectivity index is 1.73. The van der Waals surface area contributed by atoms with Gasteiger partial charge in [-0.1, -0.05) is 0 Å². The number of nitrogens with two attached hydrogens (primary N) is 1. The number of hydrogen-bond acceptors (Lipinski definition) is 4. The van der Waals surface area contributed by atoms with Crippen LogP contribution in [0.2, 0.25) is 0 Å². The van der Waals surface area contributed by atoms with Crippen LogP contribution in [0.5, 0.6) is 0 Å². The highest BCUT2D eigenvalue weighted by molar-refractivity contribution is 7.86. The zero-order chi connectivity index (χ0) is 11.4. The Morgan fingerprint density at radius 2 is 2.00 bits per heavy atom. The van der Waals surface area contributed by atoms with Crippen molar-refractivity contribution in [1.29, 1.82) is 0 Å². The number of morpholine rings is 1. The highest BCUT2D eigenvalue weighted by Crippen LogP contribution is 2.54. The molecule has 3 aliphatic rings. The molecule has 3 fully saturated rings. The Kier molecular flexibility index (Phi) is 2.31. The van der Waals surface area contributed by atoms with Crippen LogP contribution in [-0.2, 0) is 14.9 Å². The second-order valence-electron chi connectivity index (χ2n) is 4.94. The van der Waals surface area contributed by atoms with Crippen molar-refractivity contribution >= 4 is 10.2 Å². The van der Waals surface area contributed by atoms with Gasteiger partial charge in [0.05, 0.1) is 13.2 Å². The maximum Gasteiger partial charge on any atom is 0.276 e. The topological polar surface area (TPSA) is 75.9 Å². The predicted molar refractivity (Wildman–Crippen MR) is 57.9 cm³/mol. The van der Waals surface area contributed by atoms with E-state index >= 15 is 0 Å². The van der Waals surface area contributed by atoms with Crippen LogP contribution in [0.3, 0.4) is 0 Å². The van der Waals surface area contributed by atoms with Crippen molar-refractivity contribution in [2.75, 3.05) is 39.4 Å². The highest BCUT2D eigenvalue weighted by atomic mass is 32.2. The van der Waals surface area contributed by atoms with Gasteiger partial charge in [-0.3, -0.25) is 4.90 Å². The molecule has 2 aliphatic heterocycles. The van der Waals surface area contributed by atoms with Crippen LogP contribution in [0.15, 0.2) is 0 Å². The Labute approximate surface area is 95.5 Å². The minimum absolute atomic E-state index is 0.0796. The molecule has 2 atom stereocenters. The standard InChI is InChI=1S/C9H17N3O3S/c10-16(13,14)12-6-8-5-9(8,7-12)11-1-3-15-4-2-11/h8H,1-7H2,(H2,10,13,14). The van der Waals surface area contributed by atoms with E-state index in [1.165, 1.54) is 4.31 Å². The van der Waals surface area contributed by atoms with E-state index in [2.05, 4.69) is 4.90 Å². The highest BCUT2D eigenvalue weighted by Gasteiger charge is 2.64. The molecule has 0 aromatic carbocycles. The SMILES string of the molecule is NS(=O)(=O)N1CC2CC2(N2CCOCC2)C1. The van der Waals surface area contributed by atoms with Gasteiger partial charge in [0.15, 0.2) is 0 Å². The number of rotatable bonds is 2. The summed E-state index contributed by atoms with van der Waals surface area (Å²) in [6.45, 7) is 4.49. The molecule has 92 valence electrons. The van der Waals surface area contributed by atoms with Crippen molar-refractivity contribution in [2.45, 2.75) is 12.0 Å². The van der Waals surface area contributed by atoms with Crippen molar-refractivity contribution in [1.82, 2.24) is 9.21 Å². The first-order valence-electron chi connectivity index (χ1n) is 5.63. The summed E-state index contributed by atoms with van der Waals surface area (Å²) in [5.41, 5.74) is 0.0796. The molecule has 16 heavy (non-hydrogen) atoms. The van der Waals surface area contributed by atoms with E-state index in [9.17, 15) is 8.42 Å². The van der Waals surface area contributed by atoms with Gasteiger partial charge < -0.3 is 4.74 Å². The second-order valence-corrected chi connectivity index (χ2v) is 6.49. The van der Waals surface area contributed by atoms with Gasteiger partial charge in [-0.15, -0.1) is 0 Å². The lowest BCUT2D eigenvalue weighted by Gasteiger charge is -2.34. The van der Waals surface area contributed by atoms with Gasteiger partial charge in [-0.25, -0.2) is 5.14 Å². The summed E-state index contributed by atoms with van der Waals surface area (Å²) in [6, 6.07) is 0. The number of nitrogens with zero attached hydrogens (tertiary/aromatic N) is 2. The molecule has 0 amide bonds. The average molecular weight is 247 g/mol. The molecular formula is C9H17N3O3S. The van der Waals surface area contributed by atoms with Gasteiger partial charge in [0.2, 0.25) is 0 Å². The van der Waals surface area contributed by atoms with Gasteiger partial charge in [0.1, 0.15) is 0 Å². The summed E-state index contributed by atoms with van der Waals surface area (Å²) in [5.74, 6) is 0.476. The lowest BCUT2D eigenvalue weighted by Crippen LogP contribution is -2.49.